The first-order valence-electron chi connectivity index (χ1n) is 3.71. The molecule has 0 aliphatic heterocycles. The maximum atomic E-state index is 12.0. The fraction of sp³-hybridized carbons (Fsp3) is 0.143. The fourth-order valence-electron chi connectivity index (χ4n) is 0.952. The van der Waals surface area contributed by atoms with E-state index in [0.29, 0.717) is 0 Å². The van der Waals surface area contributed by atoms with Crippen LogP contribution in [0.4, 0.5) is 13.2 Å². The summed E-state index contributed by atoms with van der Waals surface area (Å²) in [7, 11) is -2.03. The van der Waals surface area contributed by atoms with E-state index >= 15 is 0 Å². The molecular formula is C7H5BBrF3O3. The molecule has 0 saturated carbocycles. The third-order valence-corrected chi connectivity index (χ3v) is 2.12. The summed E-state index contributed by atoms with van der Waals surface area (Å²) in [4.78, 5) is 0. The van der Waals surface area contributed by atoms with Gasteiger partial charge in [-0.1, -0.05) is 12.1 Å². The average Bonchev–Trinajstić information content (AvgIpc) is 2.05. The molecule has 0 saturated heterocycles. The van der Waals surface area contributed by atoms with Gasteiger partial charge in [-0.05, 0) is 22.0 Å². The lowest BCUT2D eigenvalue weighted by molar-refractivity contribution is -0.274. The molecular weight excluding hydrogens is 280 g/mol. The highest BCUT2D eigenvalue weighted by molar-refractivity contribution is 9.10. The van der Waals surface area contributed by atoms with Gasteiger partial charge >= 0.3 is 13.5 Å². The van der Waals surface area contributed by atoms with Crippen LogP contribution in [0, 0.1) is 0 Å². The lowest BCUT2D eigenvalue weighted by Crippen LogP contribution is -2.33. The van der Waals surface area contributed by atoms with Crippen molar-refractivity contribution in [3.05, 3.63) is 22.7 Å². The fourth-order valence-corrected chi connectivity index (χ4v) is 1.41. The van der Waals surface area contributed by atoms with Crippen molar-refractivity contribution in [3.63, 3.8) is 0 Å². The molecule has 0 aliphatic rings. The van der Waals surface area contributed by atoms with E-state index in [-0.39, 0.29) is 9.94 Å². The highest BCUT2D eigenvalue weighted by Gasteiger charge is 2.34. The third kappa shape index (κ3) is 3.40. The van der Waals surface area contributed by atoms with Gasteiger partial charge in [0, 0.05) is 5.46 Å². The summed E-state index contributed by atoms with van der Waals surface area (Å²) in [6.45, 7) is 0. The minimum atomic E-state index is -4.88. The van der Waals surface area contributed by atoms with Crippen molar-refractivity contribution in [2.24, 2.45) is 0 Å². The van der Waals surface area contributed by atoms with Crippen LogP contribution in [-0.4, -0.2) is 23.5 Å². The smallest absolute Gasteiger partial charge is 0.423 e. The molecule has 0 amide bonds. The van der Waals surface area contributed by atoms with Crippen LogP contribution in [0.1, 0.15) is 0 Å². The number of benzene rings is 1. The van der Waals surface area contributed by atoms with Crippen molar-refractivity contribution < 1.29 is 28.0 Å². The van der Waals surface area contributed by atoms with Gasteiger partial charge in [-0.2, -0.15) is 0 Å². The van der Waals surface area contributed by atoms with E-state index in [4.69, 9.17) is 10.0 Å². The van der Waals surface area contributed by atoms with Gasteiger partial charge in [-0.3, -0.25) is 0 Å². The number of rotatable bonds is 2. The molecule has 0 spiro atoms. The van der Waals surface area contributed by atoms with Gasteiger partial charge in [0.05, 0.1) is 4.47 Å². The molecule has 0 heterocycles. The van der Waals surface area contributed by atoms with E-state index in [0.717, 1.165) is 6.07 Å². The number of hydrogen-bond donors (Lipinski definition) is 2. The maximum absolute atomic E-state index is 12.0. The molecule has 1 aromatic rings. The van der Waals surface area contributed by atoms with Crippen molar-refractivity contribution in [2.45, 2.75) is 6.36 Å². The van der Waals surface area contributed by atoms with Crippen molar-refractivity contribution in [3.8, 4) is 5.75 Å². The molecule has 0 bridgehead atoms. The van der Waals surface area contributed by atoms with Crippen LogP contribution in [0.5, 0.6) is 5.75 Å². The summed E-state index contributed by atoms with van der Waals surface area (Å²) in [6.07, 6.45) is -4.88. The Morgan fingerprint density at radius 3 is 2.33 bits per heavy atom. The van der Waals surface area contributed by atoms with Crippen molar-refractivity contribution in [1.82, 2.24) is 0 Å². The zero-order chi connectivity index (χ0) is 11.6. The Morgan fingerprint density at radius 1 is 1.27 bits per heavy atom. The third-order valence-electron chi connectivity index (χ3n) is 1.49. The minimum absolute atomic E-state index is 0.00887. The van der Waals surface area contributed by atoms with Crippen molar-refractivity contribution >= 4 is 28.5 Å². The molecule has 0 aliphatic carbocycles. The Balaban J connectivity index is 3.14. The molecule has 1 rings (SSSR count). The van der Waals surface area contributed by atoms with E-state index in [2.05, 4.69) is 20.7 Å². The number of halogens is 4. The molecule has 0 unspecified atom stereocenters. The van der Waals surface area contributed by atoms with Crippen LogP contribution in [0.2, 0.25) is 0 Å². The first-order valence-corrected chi connectivity index (χ1v) is 4.51. The van der Waals surface area contributed by atoms with Crippen LogP contribution in [-0.2, 0) is 0 Å². The zero-order valence-electron chi connectivity index (χ0n) is 7.12. The first-order chi connectivity index (χ1) is 6.81. The lowest BCUT2D eigenvalue weighted by Gasteiger charge is -2.14. The predicted molar refractivity (Wildman–Crippen MR) is 50.7 cm³/mol. The summed E-state index contributed by atoms with van der Waals surface area (Å²) in [5.41, 5.74) is -0.360. The van der Waals surface area contributed by atoms with Gasteiger partial charge in [0.2, 0.25) is 0 Å². The topological polar surface area (TPSA) is 49.7 Å². The first kappa shape index (κ1) is 12.3. The molecule has 0 aromatic heterocycles. The highest BCUT2D eigenvalue weighted by atomic mass is 79.9. The van der Waals surface area contributed by atoms with E-state index < -0.39 is 19.2 Å². The van der Waals surface area contributed by atoms with Gasteiger partial charge in [-0.15, -0.1) is 13.2 Å². The van der Waals surface area contributed by atoms with Crippen LogP contribution in [0.3, 0.4) is 0 Å². The molecule has 0 fully saturated rings. The molecule has 0 atom stereocenters. The lowest BCUT2D eigenvalue weighted by atomic mass is 9.79. The Morgan fingerprint density at radius 2 is 1.87 bits per heavy atom. The molecule has 82 valence electrons. The van der Waals surface area contributed by atoms with Crippen molar-refractivity contribution in [2.75, 3.05) is 0 Å². The minimum Gasteiger partial charge on any atom is -0.423 e. The van der Waals surface area contributed by atoms with Crippen LogP contribution < -0.4 is 10.2 Å². The Kier molecular flexibility index (Phi) is 3.64. The summed E-state index contributed by atoms with van der Waals surface area (Å²) < 4.78 is 39.5. The van der Waals surface area contributed by atoms with Crippen LogP contribution in [0.15, 0.2) is 22.7 Å². The second-order valence-corrected chi connectivity index (χ2v) is 3.43. The van der Waals surface area contributed by atoms with Gasteiger partial charge in [0.1, 0.15) is 5.75 Å². The van der Waals surface area contributed by atoms with Crippen LogP contribution in [0.25, 0.3) is 0 Å². The molecule has 15 heavy (non-hydrogen) atoms. The largest absolute Gasteiger partial charge is 0.573 e. The molecule has 2 N–H and O–H groups in total. The standard InChI is InChI=1S/C7H5BBrF3O3/c9-5-3-1-2-4(8(13)14)6(5)15-7(10,11)12/h1-3,13-14H. The molecule has 1 aromatic carbocycles. The predicted octanol–water partition coefficient (Wildman–Crippen LogP) is 1.03. The van der Waals surface area contributed by atoms with E-state index in [1.54, 1.807) is 0 Å². The maximum Gasteiger partial charge on any atom is 0.573 e. The molecule has 0 radical (unpaired) electrons. The normalized spacial score (nSPS) is 11.3. The molecule has 3 nitrogen and oxygen atoms in total. The Bertz CT molecular complexity index is 356. The number of alkyl halides is 3. The summed E-state index contributed by atoms with van der Waals surface area (Å²) in [6, 6.07) is 3.78. The summed E-state index contributed by atoms with van der Waals surface area (Å²) in [5, 5.41) is 17.6. The van der Waals surface area contributed by atoms with Gasteiger partial charge < -0.3 is 14.8 Å². The van der Waals surface area contributed by atoms with Crippen LogP contribution >= 0.6 is 15.9 Å². The van der Waals surface area contributed by atoms with E-state index in [9.17, 15) is 13.2 Å². The SMILES string of the molecule is OB(O)c1cccc(Br)c1OC(F)(F)F. The average molecular weight is 285 g/mol. The van der Waals surface area contributed by atoms with Gasteiger partial charge in [0.15, 0.2) is 0 Å². The second kappa shape index (κ2) is 4.42. The highest BCUT2D eigenvalue weighted by Crippen LogP contribution is 2.28. The number of ether oxygens (including phenoxy) is 1. The number of hydrogen-bond acceptors (Lipinski definition) is 3. The van der Waals surface area contributed by atoms with E-state index in [1.807, 2.05) is 0 Å². The second-order valence-electron chi connectivity index (χ2n) is 2.58. The van der Waals surface area contributed by atoms with Gasteiger partial charge in [0.25, 0.3) is 0 Å². The summed E-state index contributed by atoms with van der Waals surface area (Å²) >= 11 is 2.82. The Hall–Kier alpha value is -0.725. The van der Waals surface area contributed by atoms with Crippen molar-refractivity contribution in [1.29, 1.82) is 0 Å². The summed E-state index contributed by atoms with van der Waals surface area (Å²) in [5.74, 6) is -0.653. The Labute approximate surface area is 91.8 Å². The number of para-hydroxylation sites is 1. The monoisotopic (exact) mass is 284 g/mol. The van der Waals surface area contributed by atoms with E-state index in [1.165, 1.54) is 12.1 Å². The quantitative estimate of drug-likeness (QED) is 0.798. The zero-order valence-corrected chi connectivity index (χ0v) is 8.71. The molecule has 8 heteroatoms. The van der Waals surface area contributed by atoms with Gasteiger partial charge in [-0.25, -0.2) is 0 Å².